The fourth-order valence-corrected chi connectivity index (χ4v) is 5.32. The predicted molar refractivity (Wildman–Crippen MR) is 129 cm³/mol. The fourth-order valence-electron chi connectivity index (χ4n) is 4.22. The highest BCUT2D eigenvalue weighted by molar-refractivity contribution is 7.92. The zero-order valence-corrected chi connectivity index (χ0v) is 19.4. The average Bonchev–Trinajstić information content (AvgIpc) is 3.32. The van der Waals surface area contributed by atoms with Crippen LogP contribution in [0.5, 0.6) is 5.75 Å². The molecule has 6 nitrogen and oxygen atoms in total. The van der Waals surface area contributed by atoms with Crippen molar-refractivity contribution in [2.45, 2.75) is 36.6 Å². The molecule has 172 valence electrons. The van der Waals surface area contributed by atoms with Crippen molar-refractivity contribution in [2.75, 3.05) is 18.4 Å². The van der Waals surface area contributed by atoms with E-state index in [0.29, 0.717) is 23.5 Å². The number of carbonyl (C=O) groups excluding carboxylic acids is 1. The summed E-state index contributed by atoms with van der Waals surface area (Å²) in [5.41, 5.74) is 2.07. The van der Waals surface area contributed by atoms with E-state index in [1.807, 2.05) is 23.1 Å². The van der Waals surface area contributed by atoms with Crippen molar-refractivity contribution in [1.29, 1.82) is 0 Å². The van der Waals surface area contributed by atoms with Gasteiger partial charge in [0, 0.05) is 23.8 Å². The summed E-state index contributed by atoms with van der Waals surface area (Å²) in [4.78, 5) is 15.2. The van der Waals surface area contributed by atoms with Gasteiger partial charge in [-0.3, -0.25) is 9.52 Å². The Kier molecular flexibility index (Phi) is 6.99. The number of rotatable bonds is 8. The first-order valence-corrected chi connectivity index (χ1v) is 12.6. The number of aryl methyl sites for hydroxylation is 1. The molecule has 0 saturated carbocycles. The monoisotopic (exact) mass is 464 g/mol. The van der Waals surface area contributed by atoms with Gasteiger partial charge in [-0.1, -0.05) is 36.4 Å². The van der Waals surface area contributed by atoms with E-state index in [-0.39, 0.29) is 16.8 Å². The van der Waals surface area contributed by atoms with Gasteiger partial charge in [0.2, 0.25) is 0 Å². The number of sulfonamides is 1. The standard InChI is InChI=1S/C26H28N2O4S/c1-32-24-16-13-22(14-17-24)27-33(30,31)25-11-5-9-21(19-25)26(29)28-18-6-10-23(28)15-12-20-7-3-2-4-8-20/h2-5,7-9,11,13-14,16-17,19,23,27H,6,10,12,15,18H2,1H3. The minimum absolute atomic E-state index is 0.0594. The first-order valence-electron chi connectivity index (χ1n) is 11.1. The third-order valence-corrected chi connectivity index (χ3v) is 7.36. The molecule has 1 heterocycles. The number of nitrogens with one attached hydrogen (secondary N) is 1. The summed E-state index contributed by atoms with van der Waals surface area (Å²) in [6.07, 6.45) is 3.74. The Labute approximate surface area is 195 Å². The van der Waals surface area contributed by atoms with Gasteiger partial charge in [-0.05, 0) is 73.7 Å². The van der Waals surface area contributed by atoms with Crippen LogP contribution in [0.25, 0.3) is 0 Å². The Bertz CT molecular complexity index is 1190. The first kappa shape index (κ1) is 22.9. The maximum atomic E-state index is 13.3. The quantitative estimate of drug-likeness (QED) is 0.523. The van der Waals surface area contributed by atoms with E-state index < -0.39 is 10.0 Å². The number of hydrogen-bond donors (Lipinski definition) is 1. The number of benzene rings is 3. The van der Waals surface area contributed by atoms with E-state index >= 15 is 0 Å². The third-order valence-electron chi connectivity index (χ3n) is 5.98. The van der Waals surface area contributed by atoms with Gasteiger partial charge in [-0.25, -0.2) is 8.42 Å². The van der Waals surface area contributed by atoms with E-state index in [9.17, 15) is 13.2 Å². The van der Waals surface area contributed by atoms with E-state index in [2.05, 4.69) is 16.9 Å². The van der Waals surface area contributed by atoms with Crippen LogP contribution in [-0.4, -0.2) is 38.9 Å². The van der Waals surface area contributed by atoms with Crippen LogP contribution in [0.15, 0.2) is 83.8 Å². The Morgan fingerprint density at radius 2 is 1.79 bits per heavy atom. The summed E-state index contributed by atoms with van der Waals surface area (Å²) in [5.74, 6) is 0.519. The number of methoxy groups -OCH3 is 1. The van der Waals surface area contributed by atoms with Crippen LogP contribution in [0.4, 0.5) is 5.69 Å². The zero-order valence-electron chi connectivity index (χ0n) is 18.6. The molecule has 1 aliphatic heterocycles. The van der Waals surface area contributed by atoms with Gasteiger partial charge < -0.3 is 9.64 Å². The lowest BCUT2D eigenvalue weighted by Gasteiger charge is -2.25. The molecule has 4 rings (SSSR count). The summed E-state index contributed by atoms with van der Waals surface area (Å²) < 4.78 is 33.5. The van der Waals surface area contributed by atoms with Crippen molar-refractivity contribution in [3.8, 4) is 5.75 Å². The summed E-state index contributed by atoms with van der Waals surface area (Å²) in [6, 6.07) is 23.3. The second kappa shape index (κ2) is 10.1. The lowest BCUT2D eigenvalue weighted by atomic mass is 10.0. The molecule has 1 N–H and O–H groups in total. The lowest BCUT2D eigenvalue weighted by Crippen LogP contribution is -2.36. The number of nitrogens with zero attached hydrogens (tertiary/aromatic N) is 1. The van der Waals surface area contributed by atoms with Crippen LogP contribution in [0, 0.1) is 0 Å². The van der Waals surface area contributed by atoms with E-state index in [0.717, 1.165) is 25.7 Å². The molecule has 0 spiro atoms. The molecule has 0 radical (unpaired) electrons. The maximum Gasteiger partial charge on any atom is 0.261 e. The van der Waals surface area contributed by atoms with Gasteiger partial charge in [0.15, 0.2) is 0 Å². The predicted octanol–water partition coefficient (Wildman–Crippen LogP) is 4.73. The highest BCUT2D eigenvalue weighted by Crippen LogP contribution is 2.25. The van der Waals surface area contributed by atoms with Gasteiger partial charge in [0.25, 0.3) is 15.9 Å². The second-order valence-electron chi connectivity index (χ2n) is 8.18. The summed E-state index contributed by atoms with van der Waals surface area (Å²) in [5, 5.41) is 0. The molecular weight excluding hydrogens is 436 g/mol. The van der Waals surface area contributed by atoms with E-state index in [1.165, 1.54) is 17.7 Å². The molecule has 3 aromatic rings. The van der Waals surface area contributed by atoms with Gasteiger partial charge in [0.05, 0.1) is 12.0 Å². The molecule has 3 aromatic carbocycles. The molecule has 1 atom stereocenters. The molecule has 0 aromatic heterocycles. The Morgan fingerprint density at radius 1 is 1.03 bits per heavy atom. The molecule has 0 aliphatic carbocycles. The third kappa shape index (κ3) is 5.54. The van der Waals surface area contributed by atoms with Crippen molar-refractivity contribution < 1.29 is 17.9 Å². The van der Waals surface area contributed by atoms with Crippen LogP contribution >= 0.6 is 0 Å². The highest BCUT2D eigenvalue weighted by Gasteiger charge is 2.29. The number of anilines is 1. The number of amides is 1. The van der Waals surface area contributed by atoms with Gasteiger partial charge in [-0.15, -0.1) is 0 Å². The minimum Gasteiger partial charge on any atom is -0.497 e. The van der Waals surface area contributed by atoms with Crippen molar-refractivity contribution in [3.63, 3.8) is 0 Å². The second-order valence-corrected chi connectivity index (χ2v) is 9.86. The molecular formula is C26H28N2O4S. The molecule has 1 saturated heterocycles. The highest BCUT2D eigenvalue weighted by atomic mass is 32.2. The topological polar surface area (TPSA) is 75.7 Å². The number of likely N-dealkylation sites (tertiary alicyclic amines) is 1. The lowest BCUT2D eigenvalue weighted by molar-refractivity contribution is 0.0730. The van der Waals surface area contributed by atoms with Crippen LogP contribution in [0.2, 0.25) is 0 Å². The first-order chi connectivity index (χ1) is 16.0. The molecule has 1 unspecified atom stereocenters. The van der Waals surface area contributed by atoms with Crippen LogP contribution < -0.4 is 9.46 Å². The normalized spacial score (nSPS) is 15.9. The van der Waals surface area contributed by atoms with Gasteiger partial charge >= 0.3 is 0 Å². The zero-order chi connectivity index (χ0) is 23.3. The molecule has 7 heteroatoms. The van der Waals surface area contributed by atoms with Gasteiger partial charge in [-0.2, -0.15) is 0 Å². The Balaban J connectivity index is 1.47. The average molecular weight is 465 g/mol. The summed E-state index contributed by atoms with van der Waals surface area (Å²) >= 11 is 0. The Morgan fingerprint density at radius 3 is 2.52 bits per heavy atom. The molecule has 33 heavy (non-hydrogen) atoms. The minimum atomic E-state index is -3.83. The Hall–Kier alpha value is -3.32. The van der Waals surface area contributed by atoms with Crippen LogP contribution in [0.1, 0.15) is 35.2 Å². The largest absolute Gasteiger partial charge is 0.497 e. The number of ether oxygens (including phenoxy) is 1. The fraction of sp³-hybridized carbons (Fsp3) is 0.269. The molecule has 1 fully saturated rings. The molecule has 0 bridgehead atoms. The summed E-state index contributed by atoms with van der Waals surface area (Å²) in [6.45, 7) is 0.694. The van der Waals surface area contributed by atoms with Crippen molar-refractivity contribution in [3.05, 3.63) is 90.0 Å². The number of hydrogen-bond acceptors (Lipinski definition) is 4. The van der Waals surface area contributed by atoms with Gasteiger partial charge in [0.1, 0.15) is 5.75 Å². The van der Waals surface area contributed by atoms with E-state index in [4.69, 9.17) is 4.74 Å². The van der Waals surface area contributed by atoms with Crippen molar-refractivity contribution in [1.82, 2.24) is 4.90 Å². The summed E-state index contributed by atoms with van der Waals surface area (Å²) in [7, 11) is -2.28. The van der Waals surface area contributed by atoms with Crippen LogP contribution in [-0.2, 0) is 16.4 Å². The maximum absolute atomic E-state index is 13.3. The van der Waals surface area contributed by atoms with Crippen LogP contribution in [0.3, 0.4) is 0 Å². The number of carbonyl (C=O) groups is 1. The smallest absolute Gasteiger partial charge is 0.261 e. The van der Waals surface area contributed by atoms with Crippen molar-refractivity contribution in [2.24, 2.45) is 0 Å². The molecule has 1 aliphatic rings. The SMILES string of the molecule is COc1ccc(NS(=O)(=O)c2cccc(C(=O)N3CCCC3CCc3ccccc3)c2)cc1. The van der Waals surface area contributed by atoms with Crippen molar-refractivity contribution >= 4 is 21.6 Å². The molecule has 1 amide bonds. The van der Waals surface area contributed by atoms with E-state index in [1.54, 1.807) is 43.5 Å².